The van der Waals surface area contributed by atoms with E-state index in [-0.39, 0.29) is 5.75 Å². The molecule has 0 fully saturated rings. The van der Waals surface area contributed by atoms with Crippen LogP contribution in [0.2, 0.25) is 0 Å². The maximum absolute atomic E-state index is 10.5. The van der Waals surface area contributed by atoms with Gasteiger partial charge in [-0.2, -0.15) is 0 Å². The summed E-state index contributed by atoms with van der Waals surface area (Å²) in [5.41, 5.74) is 0.436. The van der Waals surface area contributed by atoms with Crippen molar-refractivity contribution in [1.82, 2.24) is 0 Å². The molecule has 0 aromatic rings. The zero-order valence-corrected chi connectivity index (χ0v) is 6.85. The fourth-order valence-corrected chi connectivity index (χ4v) is 1.05. The largest absolute Gasteiger partial charge is 0.411 e. The normalized spacial score (nSPS) is 13.6. The summed E-state index contributed by atoms with van der Waals surface area (Å²) >= 11 is 0. The van der Waals surface area contributed by atoms with Gasteiger partial charge in [-0.3, -0.25) is 0 Å². The van der Waals surface area contributed by atoms with E-state index in [0.717, 1.165) is 6.26 Å². The Hall–Kier alpha value is -0.580. The number of hydrogen-bond donors (Lipinski definition) is 1. The lowest BCUT2D eigenvalue weighted by Gasteiger charge is -1.94. The Bertz CT molecular complexity index is 217. The standard InChI is InChI=1S/C5H11NO3S/c1-5(6-7)3-4-10(2,8)9/h7H,3-4H2,1-2H3/b6-5+. The highest BCUT2D eigenvalue weighted by Gasteiger charge is 2.02. The first-order valence-electron chi connectivity index (χ1n) is 2.81. The lowest BCUT2D eigenvalue weighted by Crippen LogP contribution is -2.06. The topological polar surface area (TPSA) is 66.7 Å². The monoisotopic (exact) mass is 165 g/mol. The minimum absolute atomic E-state index is 0.0445. The fourth-order valence-electron chi connectivity index (χ4n) is 0.383. The molecule has 0 spiro atoms. The zero-order valence-electron chi connectivity index (χ0n) is 6.03. The number of rotatable bonds is 3. The van der Waals surface area contributed by atoms with Crippen LogP contribution in [0.5, 0.6) is 0 Å². The van der Waals surface area contributed by atoms with Crippen LogP contribution in [0.3, 0.4) is 0 Å². The Balaban J connectivity index is 3.79. The smallest absolute Gasteiger partial charge is 0.147 e. The molecule has 0 saturated carbocycles. The quantitative estimate of drug-likeness (QED) is 0.371. The molecule has 0 radical (unpaired) electrons. The van der Waals surface area contributed by atoms with Crippen molar-refractivity contribution in [2.75, 3.05) is 12.0 Å². The molecular weight excluding hydrogens is 154 g/mol. The van der Waals surface area contributed by atoms with Crippen molar-refractivity contribution in [2.45, 2.75) is 13.3 Å². The number of sulfone groups is 1. The molecular formula is C5H11NO3S. The Kier molecular flexibility index (Phi) is 3.35. The highest BCUT2D eigenvalue weighted by Crippen LogP contribution is 1.90. The van der Waals surface area contributed by atoms with Crippen LogP contribution in [0.25, 0.3) is 0 Å². The highest BCUT2D eigenvalue weighted by atomic mass is 32.2. The van der Waals surface area contributed by atoms with Crippen LogP contribution in [0.1, 0.15) is 13.3 Å². The molecule has 0 rings (SSSR count). The fraction of sp³-hybridized carbons (Fsp3) is 0.800. The van der Waals surface area contributed by atoms with Gasteiger partial charge in [0.05, 0.1) is 11.5 Å². The van der Waals surface area contributed by atoms with Crippen LogP contribution in [0.15, 0.2) is 5.16 Å². The molecule has 5 heteroatoms. The van der Waals surface area contributed by atoms with Crippen LogP contribution < -0.4 is 0 Å². The Morgan fingerprint density at radius 1 is 1.60 bits per heavy atom. The maximum Gasteiger partial charge on any atom is 0.147 e. The minimum Gasteiger partial charge on any atom is -0.411 e. The summed E-state index contributed by atoms with van der Waals surface area (Å²) < 4.78 is 21.0. The van der Waals surface area contributed by atoms with Gasteiger partial charge in [-0.25, -0.2) is 8.42 Å². The van der Waals surface area contributed by atoms with E-state index in [4.69, 9.17) is 5.21 Å². The number of hydrogen-bond acceptors (Lipinski definition) is 4. The van der Waals surface area contributed by atoms with E-state index in [2.05, 4.69) is 5.16 Å². The first kappa shape index (κ1) is 9.42. The second-order valence-electron chi connectivity index (χ2n) is 2.22. The van der Waals surface area contributed by atoms with Crippen molar-refractivity contribution >= 4 is 15.5 Å². The van der Waals surface area contributed by atoms with Crippen molar-refractivity contribution in [1.29, 1.82) is 0 Å². The van der Waals surface area contributed by atoms with Crippen molar-refractivity contribution < 1.29 is 13.6 Å². The Morgan fingerprint density at radius 3 is 2.40 bits per heavy atom. The van der Waals surface area contributed by atoms with Gasteiger partial charge in [-0.05, 0) is 6.92 Å². The molecule has 0 aliphatic carbocycles. The molecule has 0 aliphatic heterocycles. The highest BCUT2D eigenvalue weighted by molar-refractivity contribution is 7.90. The van der Waals surface area contributed by atoms with Gasteiger partial charge < -0.3 is 5.21 Å². The second kappa shape index (κ2) is 3.55. The average Bonchev–Trinajstić information content (AvgIpc) is 1.81. The molecule has 0 saturated heterocycles. The summed E-state index contributed by atoms with van der Waals surface area (Å²) in [7, 11) is -2.92. The van der Waals surface area contributed by atoms with E-state index in [1.54, 1.807) is 6.92 Å². The lowest BCUT2D eigenvalue weighted by atomic mass is 10.3. The van der Waals surface area contributed by atoms with E-state index < -0.39 is 9.84 Å². The van der Waals surface area contributed by atoms with E-state index >= 15 is 0 Å². The zero-order chi connectivity index (χ0) is 8.20. The third-order valence-corrected chi connectivity index (χ3v) is 1.95. The van der Waals surface area contributed by atoms with Gasteiger partial charge in [0.15, 0.2) is 0 Å². The average molecular weight is 165 g/mol. The van der Waals surface area contributed by atoms with Crippen LogP contribution >= 0.6 is 0 Å². The molecule has 0 unspecified atom stereocenters. The van der Waals surface area contributed by atoms with Gasteiger partial charge in [0.25, 0.3) is 0 Å². The summed E-state index contributed by atoms with van der Waals surface area (Å²) in [6.45, 7) is 1.57. The van der Waals surface area contributed by atoms with Crippen molar-refractivity contribution in [3.05, 3.63) is 0 Å². The van der Waals surface area contributed by atoms with Gasteiger partial charge >= 0.3 is 0 Å². The summed E-state index contributed by atoms with van der Waals surface area (Å²) in [6, 6.07) is 0. The van der Waals surface area contributed by atoms with Gasteiger partial charge in [-0.1, -0.05) is 5.16 Å². The van der Waals surface area contributed by atoms with Crippen LogP contribution in [-0.4, -0.2) is 31.3 Å². The van der Waals surface area contributed by atoms with Gasteiger partial charge in [0, 0.05) is 12.7 Å². The van der Waals surface area contributed by atoms with E-state index in [0.29, 0.717) is 12.1 Å². The number of nitrogens with zero attached hydrogens (tertiary/aromatic N) is 1. The summed E-state index contributed by atoms with van der Waals surface area (Å²) in [4.78, 5) is 0. The molecule has 60 valence electrons. The minimum atomic E-state index is -2.92. The summed E-state index contributed by atoms with van der Waals surface area (Å²) in [6.07, 6.45) is 1.45. The molecule has 0 bridgehead atoms. The molecule has 0 aromatic carbocycles. The molecule has 0 aromatic heterocycles. The predicted octanol–water partition coefficient (Wildman–Crippen LogP) is 0.271. The second-order valence-corrected chi connectivity index (χ2v) is 4.47. The summed E-state index contributed by atoms with van der Waals surface area (Å²) in [5, 5.41) is 11.0. The molecule has 10 heavy (non-hydrogen) atoms. The van der Waals surface area contributed by atoms with Gasteiger partial charge in [0.2, 0.25) is 0 Å². The van der Waals surface area contributed by atoms with Gasteiger partial charge in [0.1, 0.15) is 9.84 Å². The number of oxime groups is 1. The van der Waals surface area contributed by atoms with Crippen LogP contribution in [0, 0.1) is 0 Å². The third-order valence-electron chi connectivity index (χ3n) is 1.01. The molecule has 0 atom stereocenters. The van der Waals surface area contributed by atoms with Gasteiger partial charge in [-0.15, -0.1) is 0 Å². The Labute approximate surface area is 60.5 Å². The SMILES string of the molecule is C/C(CCS(C)(=O)=O)=N\O. The van der Waals surface area contributed by atoms with E-state index in [1.807, 2.05) is 0 Å². The summed E-state index contributed by atoms with van der Waals surface area (Å²) in [5.74, 6) is 0.0445. The molecule has 1 N–H and O–H groups in total. The first-order valence-corrected chi connectivity index (χ1v) is 4.87. The van der Waals surface area contributed by atoms with Crippen LogP contribution in [0.4, 0.5) is 0 Å². The van der Waals surface area contributed by atoms with E-state index in [9.17, 15) is 8.42 Å². The molecule has 0 heterocycles. The van der Waals surface area contributed by atoms with Crippen molar-refractivity contribution in [3.63, 3.8) is 0 Å². The molecule has 4 nitrogen and oxygen atoms in total. The van der Waals surface area contributed by atoms with Crippen molar-refractivity contribution in [3.8, 4) is 0 Å². The molecule has 0 aliphatic rings. The predicted molar refractivity (Wildman–Crippen MR) is 39.2 cm³/mol. The van der Waals surface area contributed by atoms with Crippen molar-refractivity contribution in [2.24, 2.45) is 5.16 Å². The van der Waals surface area contributed by atoms with Crippen LogP contribution in [-0.2, 0) is 9.84 Å². The lowest BCUT2D eigenvalue weighted by molar-refractivity contribution is 0.317. The third kappa shape index (κ3) is 5.55. The maximum atomic E-state index is 10.5. The Morgan fingerprint density at radius 2 is 2.10 bits per heavy atom. The molecule has 0 amide bonds. The van der Waals surface area contributed by atoms with E-state index in [1.165, 1.54) is 0 Å². The first-order chi connectivity index (χ1) is 4.45.